The third-order valence-electron chi connectivity index (χ3n) is 8.95. The van der Waals surface area contributed by atoms with E-state index in [2.05, 4.69) is 10.6 Å². The summed E-state index contributed by atoms with van der Waals surface area (Å²) in [5.41, 5.74) is 0.125. The molecule has 6 rings (SSSR count). The molecule has 3 aliphatic rings. The van der Waals surface area contributed by atoms with Crippen LogP contribution in [-0.4, -0.2) is 34.3 Å². The number of amides is 1. The standard InChI is InChI=1S/C31H27Cl2FN2O4/c32-19-11-12-21-23(16-19)35-29(40)31(21)25(20-5-4-6-22(33)26(20)34)27(36-30(31)13-2-1-3-14-30)24(37)15-17-7-9-18(10-8-17)28(38)39/h4-12,16,25,27,36H,1-3,13-15H2,(H,35,40)(H,38,39)/t25-,27-,31+/m0/s1. The highest BCUT2D eigenvalue weighted by Crippen LogP contribution is 2.62. The van der Waals surface area contributed by atoms with Crippen molar-refractivity contribution < 1.29 is 23.9 Å². The van der Waals surface area contributed by atoms with Crippen molar-refractivity contribution in [3.63, 3.8) is 0 Å². The summed E-state index contributed by atoms with van der Waals surface area (Å²) < 4.78 is 15.9. The van der Waals surface area contributed by atoms with E-state index in [9.17, 15) is 19.5 Å². The predicted octanol–water partition coefficient (Wildman–Crippen LogP) is 6.29. The Bertz CT molecular complexity index is 1540. The number of carbonyl (C=O) groups excluding carboxylic acids is 2. The quantitative estimate of drug-likeness (QED) is 0.329. The van der Waals surface area contributed by atoms with E-state index in [1.807, 2.05) is 6.07 Å². The number of halogens is 3. The zero-order valence-corrected chi connectivity index (χ0v) is 23.0. The van der Waals surface area contributed by atoms with Crippen LogP contribution in [0.3, 0.4) is 0 Å². The van der Waals surface area contributed by atoms with Gasteiger partial charge in [0.25, 0.3) is 0 Å². The molecule has 9 heteroatoms. The lowest BCUT2D eigenvalue weighted by atomic mass is 9.55. The van der Waals surface area contributed by atoms with Gasteiger partial charge < -0.3 is 10.4 Å². The largest absolute Gasteiger partial charge is 0.478 e. The van der Waals surface area contributed by atoms with E-state index < -0.39 is 34.7 Å². The number of Topliss-reactive ketones (excluding diaryl/α,β-unsaturated/α-hetero) is 1. The second-order valence-electron chi connectivity index (χ2n) is 11.0. The van der Waals surface area contributed by atoms with Gasteiger partial charge in [-0.1, -0.05) is 72.8 Å². The number of ketones is 1. The van der Waals surface area contributed by atoms with Crippen LogP contribution in [0.25, 0.3) is 0 Å². The third-order valence-corrected chi connectivity index (χ3v) is 9.48. The van der Waals surface area contributed by atoms with E-state index in [0.717, 1.165) is 19.3 Å². The predicted molar refractivity (Wildman–Crippen MR) is 151 cm³/mol. The van der Waals surface area contributed by atoms with Crippen molar-refractivity contribution in [2.45, 2.75) is 61.4 Å². The Morgan fingerprint density at radius 2 is 1.73 bits per heavy atom. The van der Waals surface area contributed by atoms with E-state index in [1.165, 1.54) is 18.2 Å². The maximum absolute atomic E-state index is 15.9. The summed E-state index contributed by atoms with van der Waals surface area (Å²) in [5, 5.41) is 16.3. The maximum atomic E-state index is 15.9. The topological polar surface area (TPSA) is 95.5 Å². The second-order valence-corrected chi connectivity index (χ2v) is 11.8. The van der Waals surface area contributed by atoms with E-state index in [-0.39, 0.29) is 34.3 Å². The van der Waals surface area contributed by atoms with E-state index in [0.29, 0.717) is 34.7 Å². The Morgan fingerprint density at radius 1 is 1.00 bits per heavy atom. The highest BCUT2D eigenvalue weighted by atomic mass is 35.5. The van der Waals surface area contributed by atoms with Crippen LogP contribution in [0.5, 0.6) is 0 Å². The van der Waals surface area contributed by atoms with Crippen LogP contribution in [0.4, 0.5) is 10.1 Å². The van der Waals surface area contributed by atoms with Crippen LogP contribution in [-0.2, 0) is 21.4 Å². The third kappa shape index (κ3) is 3.98. The maximum Gasteiger partial charge on any atom is 0.335 e. The lowest BCUT2D eigenvalue weighted by Crippen LogP contribution is -2.60. The Morgan fingerprint density at radius 3 is 2.42 bits per heavy atom. The highest BCUT2D eigenvalue weighted by molar-refractivity contribution is 6.31. The molecule has 1 amide bonds. The van der Waals surface area contributed by atoms with Crippen LogP contribution in [0.2, 0.25) is 10.0 Å². The van der Waals surface area contributed by atoms with Crippen molar-refractivity contribution >= 4 is 46.5 Å². The van der Waals surface area contributed by atoms with Crippen LogP contribution in [0.1, 0.15) is 65.1 Å². The molecule has 3 aromatic carbocycles. The number of carboxylic acid groups (broad SMARTS) is 1. The summed E-state index contributed by atoms with van der Waals surface area (Å²) >= 11 is 12.6. The van der Waals surface area contributed by atoms with Gasteiger partial charge in [0, 0.05) is 28.6 Å². The molecule has 206 valence electrons. The molecule has 0 radical (unpaired) electrons. The first kappa shape index (κ1) is 26.9. The molecule has 0 unspecified atom stereocenters. The Labute approximate surface area is 240 Å². The first-order chi connectivity index (χ1) is 19.2. The minimum Gasteiger partial charge on any atom is -0.478 e. The van der Waals surface area contributed by atoms with Crippen molar-refractivity contribution in [2.24, 2.45) is 0 Å². The molecule has 1 saturated carbocycles. The van der Waals surface area contributed by atoms with Gasteiger partial charge in [-0.25, -0.2) is 9.18 Å². The smallest absolute Gasteiger partial charge is 0.335 e. The average molecular weight is 581 g/mol. The minimum atomic E-state index is -1.29. The Kier molecular flexibility index (Phi) is 6.72. The van der Waals surface area contributed by atoms with Gasteiger partial charge in [-0.15, -0.1) is 0 Å². The fourth-order valence-corrected chi connectivity index (χ4v) is 7.70. The van der Waals surface area contributed by atoms with E-state index in [4.69, 9.17) is 23.2 Å². The molecule has 0 bridgehead atoms. The van der Waals surface area contributed by atoms with Gasteiger partial charge in [-0.3, -0.25) is 14.9 Å². The molecule has 1 saturated heterocycles. The van der Waals surface area contributed by atoms with Crippen LogP contribution in [0.15, 0.2) is 60.7 Å². The minimum absolute atomic E-state index is 0.0164. The molecule has 1 aliphatic carbocycles. The fraction of sp³-hybridized carbons (Fsp3) is 0.323. The molecule has 3 atom stereocenters. The van der Waals surface area contributed by atoms with Crippen molar-refractivity contribution in [2.75, 3.05) is 5.32 Å². The molecule has 6 nitrogen and oxygen atoms in total. The molecule has 2 heterocycles. The zero-order chi connectivity index (χ0) is 28.2. The number of nitrogens with one attached hydrogen (secondary N) is 2. The number of anilines is 1. The van der Waals surface area contributed by atoms with Gasteiger partial charge in [0.05, 0.1) is 16.6 Å². The number of rotatable bonds is 5. The molecular formula is C31H27Cl2FN2O4. The fourth-order valence-electron chi connectivity index (χ4n) is 7.34. The van der Waals surface area contributed by atoms with Crippen LogP contribution in [0, 0.1) is 5.82 Å². The highest BCUT2D eigenvalue weighted by Gasteiger charge is 2.72. The molecule has 3 N–H and O–H groups in total. The van der Waals surface area contributed by atoms with Crippen molar-refractivity contribution in [3.05, 3.63) is 98.8 Å². The first-order valence-corrected chi connectivity index (χ1v) is 14.1. The zero-order valence-electron chi connectivity index (χ0n) is 21.5. The molecular weight excluding hydrogens is 554 g/mol. The SMILES string of the molecule is O=C(O)c1ccc(CC(=O)[C@@H]2NC3(CCCCC3)[C@@]3(C(=O)Nc4cc(Cl)ccc43)[C@H]2c2cccc(Cl)c2F)cc1. The Balaban J connectivity index is 1.54. The molecule has 2 fully saturated rings. The summed E-state index contributed by atoms with van der Waals surface area (Å²) in [4.78, 5) is 39.8. The molecule has 0 aromatic heterocycles. The summed E-state index contributed by atoms with van der Waals surface area (Å²) in [6.45, 7) is 0. The number of aromatic carboxylic acids is 1. The van der Waals surface area contributed by atoms with Crippen molar-refractivity contribution in [3.8, 4) is 0 Å². The summed E-state index contributed by atoms with van der Waals surface area (Å²) in [6.07, 6.45) is 3.97. The number of hydrogen-bond donors (Lipinski definition) is 3. The number of carboxylic acids is 1. The molecule has 3 aromatic rings. The number of hydrogen-bond acceptors (Lipinski definition) is 4. The Hall–Kier alpha value is -3.26. The molecule has 2 aliphatic heterocycles. The van der Waals surface area contributed by atoms with Crippen molar-refractivity contribution in [1.29, 1.82) is 0 Å². The first-order valence-electron chi connectivity index (χ1n) is 13.4. The molecule has 2 spiro atoms. The number of carbonyl (C=O) groups is 3. The van der Waals surface area contributed by atoms with Crippen LogP contribution < -0.4 is 10.6 Å². The van der Waals surface area contributed by atoms with Gasteiger partial charge in [0.15, 0.2) is 5.78 Å². The van der Waals surface area contributed by atoms with Gasteiger partial charge in [-0.05, 0) is 59.9 Å². The lowest BCUT2D eigenvalue weighted by molar-refractivity contribution is -0.124. The normalized spacial score (nSPS) is 24.7. The monoisotopic (exact) mass is 580 g/mol. The van der Waals surface area contributed by atoms with Gasteiger partial charge >= 0.3 is 5.97 Å². The summed E-state index contributed by atoms with van der Waals surface area (Å²) in [6, 6.07) is 15.2. The lowest BCUT2D eigenvalue weighted by Gasteiger charge is -2.47. The van der Waals surface area contributed by atoms with Gasteiger partial charge in [0.1, 0.15) is 11.2 Å². The van der Waals surface area contributed by atoms with E-state index >= 15 is 4.39 Å². The second kappa shape index (κ2) is 9.98. The number of fused-ring (bicyclic) bond motifs is 3. The summed E-state index contributed by atoms with van der Waals surface area (Å²) in [7, 11) is 0. The number of benzene rings is 3. The van der Waals surface area contributed by atoms with E-state index in [1.54, 1.807) is 36.4 Å². The summed E-state index contributed by atoms with van der Waals surface area (Å²) in [5.74, 6) is -3.10. The molecule has 40 heavy (non-hydrogen) atoms. The van der Waals surface area contributed by atoms with Gasteiger partial charge in [-0.2, -0.15) is 0 Å². The van der Waals surface area contributed by atoms with Gasteiger partial charge in [0.2, 0.25) is 5.91 Å². The van der Waals surface area contributed by atoms with Crippen LogP contribution >= 0.6 is 23.2 Å². The van der Waals surface area contributed by atoms with Crippen molar-refractivity contribution in [1.82, 2.24) is 5.32 Å². The average Bonchev–Trinajstić information content (AvgIpc) is 3.38.